The van der Waals surface area contributed by atoms with E-state index in [-0.39, 0.29) is 5.97 Å². The van der Waals surface area contributed by atoms with Crippen LogP contribution in [-0.4, -0.2) is 25.5 Å². The van der Waals surface area contributed by atoms with Gasteiger partial charge < -0.3 is 9.47 Å². The van der Waals surface area contributed by atoms with Gasteiger partial charge in [0.05, 0.1) is 13.2 Å². The molecule has 0 saturated carbocycles. The Kier molecular flexibility index (Phi) is 9.42. The fraction of sp³-hybridized carbons (Fsp3) is 0.444. The van der Waals surface area contributed by atoms with Crippen LogP contribution < -0.4 is 4.74 Å². The fourth-order valence-electron chi connectivity index (χ4n) is 1.98. The molecule has 0 fully saturated rings. The van der Waals surface area contributed by atoms with E-state index in [9.17, 15) is 9.59 Å². The Hall–Kier alpha value is -2.10. The summed E-state index contributed by atoms with van der Waals surface area (Å²) in [7, 11) is 0. The molecule has 0 unspecified atom stereocenters. The summed E-state index contributed by atoms with van der Waals surface area (Å²) < 4.78 is 10.5. The lowest BCUT2D eigenvalue weighted by Gasteiger charge is -2.06. The van der Waals surface area contributed by atoms with Crippen LogP contribution >= 0.6 is 0 Å². The van der Waals surface area contributed by atoms with Gasteiger partial charge in [0.1, 0.15) is 12.0 Å². The van der Waals surface area contributed by atoms with Gasteiger partial charge in [0.2, 0.25) is 0 Å². The van der Waals surface area contributed by atoms with E-state index in [1.807, 2.05) is 12.1 Å². The fourth-order valence-corrected chi connectivity index (χ4v) is 1.98. The number of unbranched alkanes of at least 4 members (excludes halogenated alkanes) is 5. The molecule has 4 heteroatoms. The highest BCUT2D eigenvalue weighted by Gasteiger charge is 1.97. The van der Waals surface area contributed by atoms with Gasteiger partial charge in [-0.25, -0.2) is 4.79 Å². The summed E-state index contributed by atoms with van der Waals surface area (Å²) in [6.45, 7) is 4.51. The molecule has 120 valence electrons. The maximum Gasteiger partial charge on any atom is 0.330 e. The van der Waals surface area contributed by atoms with Gasteiger partial charge in [0.25, 0.3) is 0 Å². The van der Waals surface area contributed by atoms with Crippen LogP contribution in [0.2, 0.25) is 0 Å². The van der Waals surface area contributed by atoms with Crippen LogP contribution in [-0.2, 0) is 9.53 Å². The average Bonchev–Trinajstić information content (AvgIpc) is 2.56. The Labute approximate surface area is 132 Å². The Morgan fingerprint density at radius 3 is 2.14 bits per heavy atom. The molecule has 0 atom stereocenters. The quantitative estimate of drug-likeness (QED) is 0.254. The van der Waals surface area contributed by atoms with Gasteiger partial charge in [-0.15, -0.1) is 0 Å². The van der Waals surface area contributed by atoms with Crippen LogP contribution in [0, 0.1) is 0 Å². The lowest BCUT2D eigenvalue weighted by molar-refractivity contribution is -0.137. The number of ether oxygens (including phenoxy) is 2. The molecule has 22 heavy (non-hydrogen) atoms. The van der Waals surface area contributed by atoms with Crippen LogP contribution in [0.4, 0.5) is 0 Å². The van der Waals surface area contributed by atoms with Crippen molar-refractivity contribution in [3.05, 3.63) is 42.5 Å². The molecule has 0 aliphatic rings. The van der Waals surface area contributed by atoms with Gasteiger partial charge in [-0.3, -0.25) is 4.79 Å². The second-order valence-corrected chi connectivity index (χ2v) is 5.03. The van der Waals surface area contributed by atoms with Gasteiger partial charge in [-0.05, 0) is 37.1 Å². The maximum absolute atomic E-state index is 10.8. The molecule has 0 heterocycles. The van der Waals surface area contributed by atoms with Crippen molar-refractivity contribution in [1.82, 2.24) is 0 Å². The third kappa shape index (κ3) is 8.25. The Balaban J connectivity index is 1.92. The van der Waals surface area contributed by atoms with Crippen LogP contribution in [0.3, 0.4) is 0 Å². The third-order valence-electron chi connectivity index (χ3n) is 3.23. The van der Waals surface area contributed by atoms with E-state index in [1.54, 1.807) is 12.1 Å². The maximum atomic E-state index is 10.8. The molecule has 0 aliphatic heterocycles. The van der Waals surface area contributed by atoms with Crippen molar-refractivity contribution in [1.29, 1.82) is 0 Å². The highest BCUT2D eigenvalue weighted by atomic mass is 16.5. The van der Waals surface area contributed by atoms with Crippen LogP contribution in [0.15, 0.2) is 36.9 Å². The molecule has 0 N–H and O–H groups in total. The number of carbonyl (C=O) groups excluding carboxylic acids is 2. The van der Waals surface area contributed by atoms with Crippen LogP contribution in [0.1, 0.15) is 48.9 Å². The van der Waals surface area contributed by atoms with Crippen molar-refractivity contribution < 1.29 is 19.1 Å². The van der Waals surface area contributed by atoms with Gasteiger partial charge in [0, 0.05) is 11.6 Å². The molecule has 0 aromatic heterocycles. The Morgan fingerprint density at radius 2 is 1.55 bits per heavy atom. The minimum atomic E-state index is -0.349. The van der Waals surface area contributed by atoms with Crippen molar-refractivity contribution in [3.8, 4) is 5.75 Å². The van der Waals surface area contributed by atoms with Crippen LogP contribution in [0.25, 0.3) is 0 Å². The Morgan fingerprint density at radius 1 is 0.955 bits per heavy atom. The summed E-state index contributed by atoms with van der Waals surface area (Å²) in [4.78, 5) is 21.3. The number of hydrogen-bond donors (Lipinski definition) is 0. The molecular formula is C18H24O4. The van der Waals surface area contributed by atoms with E-state index in [4.69, 9.17) is 9.47 Å². The highest BCUT2D eigenvalue weighted by molar-refractivity contribution is 5.81. The number of aldehydes is 1. The first-order valence-corrected chi connectivity index (χ1v) is 7.73. The second-order valence-electron chi connectivity index (χ2n) is 5.03. The molecule has 1 aromatic carbocycles. The van der Waals surface area contributed by atoms with Gasteiger partial charge in [0.15, 0.2) is 0 Å². The summed E-state index contributed by atoms with van der Waals surface area (Å²) in [6.07, 6.45) is 8.41. The lowest BCUT2D eigenvalue weighted by atomic mass is 10.1. The number of hydrogen-bond acceptors (Lipinski definition) is 4. The molecule has 0 spiro atoms. The average molecular weight is 304 g/mol. The van der Waals surface area contributed by atoms with E-state index in [2.05, 4.69) is 6.58 Å². The largest absolute Gasteiger partial charge is 0.494 e. The first kappa shape index (κ1) is 18.0. The molecule has 1 aromatic rings. The van der Waals surface area contributed by atoms with Gasteiger partial charge >= 0.3 is 5.97 Å². The number of rotatable bonds is 12. The molecule has 0 radical (unpaired) electrons. The monoisotopic (exact) mass is 304 g/mol. The molecular weight excluding hydrogens is 280 g/mol. The van der Waals surface area contributed by atoms with Gasteiger partial charge in [-0.1, -0.05) is 32.3 Å². The summed E-state index contributed by atoms with van der Waals surface area (Å²) in [5.41, 5.74) is 0.658. The van der Waals surface area contributed by atoms with Crippen molar-refractivity contribution in [2.75, 3.05) is 13.2 Å². The van der Waals surface area contributed by atoms with Crippen molar-refractivity contribution in [2.24, 2.45) is 0 Å². The first-order chi connectivity index (χ1) is 10.8. The van der Waals surface area contributed by atoms with E-state index < -0.39 is 0 Å². The predicted octanol–water partition coefficient (Wildman–Crippen LogP) is 3.95. The summed E-state index contributed by atoms with van der Waals surface area (Å²) in [5, 5.41) is 0. The zero-order valence-corrected chi connectivity index (χ0v) is 13.0. The van der Waals surface area contributed by atoms with E-state index in [1.165, 1.54) is 6.08 Å². The smallest absolute Gasteiger partial charge is 0.330 e. The number of esters is 1. The molecule has 4 nitrogen and oxygen atoms in total. The summed E-state index contributed by atoms with van der Waals surface area (Å²) >= 11 is 0. The zero-order chi connectivity index (χ0) is 16.0. The molecule has 0 amide bonds. The SMILES string of the molecule is C=CC(=O)OCCCCCCCCOc1ccc(C=O)cc1. The second kappa shape index (κ2) is 11.5. The first-order valence-electron chi connectivity index (χ1n) is 7.73. The van der Waals surface area contributed by atoms with Crippen LogP contribution in [0.5, 0.6) is 5.75 Å². The lowest BCUT2D eigenvalue weighted by Crippen LogP contribution is -2.01. The van der Waals surface area contributed by atoms with E-state index in [0.717, 1.165) is 50.6 Å². The van der Waals surface area contributed by atoms with Gasteiger partial charge in [-0.2, -0.15) is 0 Å². The van der Waals surface area contributed by atoms with E-state index in [0.29, 0.717) is 18.8 Å². The van der Waals surface area contributed by atoms with Crippen molar-refractivity contribution in [3.63, 3.8) is 0 Å². The standard InChI is InChI=1S/C18H24O4/c1-2-18(20)22-14-8-6-4-3-5-7-13-21-17-11-9-16(15-19)10-12-17/h2,9-12,15H,1,3-8,13-14H2. The predicted molar refractivity (Wildman–Crippen MR) is 86.2 cm³/mol. The van der Waals surface area contributed by atoms with E-state index >= 15 is 0 Å². The number of benzene rings is 1. The minimum Gasteiger partial charge on any atom is -0.494 e. The minimum absolute atomic E-state index is 0.349. The normalized spacial score (nSPS) is 10.0. The third-order valence-corrected chi connectivity index (χ3v) is 3.23. The van der Waals surface area contributed by atoms with Crippen molar-refractivity contribution in [2.45, 2.75) is 38.5 Å². The summed E-state index contributed by atoms with van der Waals surface area (Å²) in [6, 6.07) is 7.13. The highest BCUT2D eigenvalue weighted by Crippen LogP contribution is 2.12. The molecule has 0 bridgehead atoms. The Bertz CT molecular complexity index is 451. The zero-order valence-electron chi connectivity index (χ0n) is 13.0. The topological polar surface area (TPSA) is 52.6 Å². The molecule has 0 aliphatic carbocycles. The molecule has 0 saturated heterocycles. The summed E-state index contributed by atoms with van der Waals surface area (Å²) in [5.74, 6) is 0.452. The molecule has 1 rings (SSSR count). The van der Waals surface area contributed by atoms with Crippen molar-refractivity contribution >= 4 is 12.3 Å². The number of carbonyl (C=O) groups is 2.